The first-order valence-corrected chi connectivity index (χ1v) is 6.21. The number of nitrogens with zero attached hydrogens (tertiary/aromatic N) is 3. The van der Waals surface area contributed by atoms with Crippen molar-refractivity contribution in [2.24, 2.45) is 10.9 Å². The molecule has 2 rings (SSSR count). The van der Waals surface area contributed by atoms with Crippen molar-refractivity contribution in [3.63, 3.8) is 0 Å². The van der Waals surface area contributed by atoms with Gasteiger partial charge in [-0.15, -0.1) is 0 Å². The summed E-state index contributed by atoms with van der Waals surface area (Å²) in [4.78, 5) is 7.93. The van der Waals surface area contributed by atoms with E-state index in [-0.39, 0.29) is 17.5 Å². The Balaban J connectivity index is 2.28. The van der Waals surface area contributed by atoms with Crippen LogP contribution in [-0.2, 0) is 0 Å². The van der Waals surface area contributed by atoms with Crippen LogP contribution in [0.3, 0.4) is 0 Å². The van der Waals surface area contributed by atoms with Crippen LogP contribution in [0.1, 0.15) is 5.69 Å². The minimum absolute atomic E-state index is 0.0760. The number of rotatable bonds is 3. The summed E-state index contributed by atoms with van der Waals surface area (Å²) in [6, 6.07) is 6.61. The maximum Gasteiger partial charge on any atom is 0.322 e. The summed E-state index contributed by atoms with van der Waals surface area (Å²) in [6.07, 6.45) is 1.44. The number of halogens is 2. The minimum Gasteiger partial charge on any atom is -0.423 e. The van der Waals surface area contributed by atoms with Crippen LogP contribution >= 0.6 is 27.5 Å². The summed E-state index contributed by atoms with van der Waals surface area (Å²) in [7, 11) is 0. The molecular formula is C11H8BrClN4O2. The van der Waals surface area contributed by atoms with E-state index in [1.807, 2.05) is 0 Å². The molecule has 0 fully saturated rings. The zero-order chi connectivity index (χ0) is 13.8. The highest BCUT2D eigenvalue weighted by Crippen LogP contribution is 2.30. The largest absolute Gasteiger partial charge is 0.423 e. The fourth-order valence-corrected chi connectivity index (χ4v) is 2.00. The van der Waals surface area contributed by atoms with Gasteiger partial charge in [0.25, 0.3) is 0 Å². The van der Waals surface area contributed by atoms with E-state index >= 15 is 0 Å². The molecule has 0 aliphatic carbocycles. The van der Waals surface area contributed by atoms with Crippen LogP contribution in [0.2, 0.25) is 5.02 Å². The highest BCUT2D eigenvalue weighted by molar-refractivity contribution is 9.10. The quantitative estimate of drug-likeness (QED) is 0.387. The molecule has 8 heteroatoms. The molecule has 1 heterocycles. The molecular weight excluding hydrogens is 336 g/mol. The molecule has 0 bridgehead atoms. The van der Waals surface area contributed by atoms with Gasteiger partial charge in [0.2, 0.25) is 0 Å². The van der Waals surface area contributed by atoms with E-state index < -0.39 is 0 Å². The van der Waals surface area contributed by atoms with Crippen LogP contribution in [0.15, 0.2) is 40.1 Å². The van der Waals surface area contributed by atoms with Gasteiger partial charge in [0, 0.05) is 11.2 Å². The maximum absolute atomic E-state index is 8.58. The normalized spacial score (nSPS) is 11.4. The van der Waals surface area contributed by atoms with Gasteiger partial charge in [0.1, 0.15) is 11.4 Å². The van der Waals surface area contributed by atoms with Crippen molar-refractivity contribution >= 4 is 33.4 Å². The molecule has 0 spiro atoms. The average molecular weight is 344 g/mol. The minimum atomic E-state index is -0.123. The number of hydrogen-bond donors (Lipinski definition) is 2. The molecule has 2 aromatic rings. The molecule has 0 amide bonds. The van der Waals surface area contributed by atoms with Crippen molar-refractivity contribution in [2.45, 2.75) is 0 Å². The predicted molar refractivity (Wildman–Crippen MR) is 73.8 cm³/mol. The summed E-state index contributed by atoms with van der Waals surface area (Å²) >= 11 is 9.14. The topological polar surface area (TPSA) is 93.6 Å². The SMILES string of the molecule is N/C(=N/O)c1ccnc(Oc2ccc(Cl)cc2Br)n1. The molecule has 0 aliphatic rings. The Bertz CT molecular complexity index is 636. The molecule has 3 N–H and O–H groups in total. The smallest absolute Gasteiger partial charge is 0.322 e. The summed E-state index contributed by atoms with van der Waals surface area (Å²) in [5.74, 6) is 0.378. The van der Waals surface area contributed by atoms with E-state index in [0.717, 1.165) is 0 Å². The fourth-order valence-electron chi connectivity index (χ4n) is 1.24. The zero-order valence-electron chi connectivity index (χ0n) is 9.42. The first-order valence-electron chi connectivity index (χ1n) is 5.04. The number of nitrogens with two attached hydrogens (primary N) is 1. The molecule has 6 nitrogen and oxygen atoms in total. The Hall–Kier alpha value is -1.86. The van der Waals surface area contributed by atoms with Crippen molar-refractivity contribution in [1.29, 1.82) is 0 Å². The summed E-state index contributed by atoms with van der Waals surface area (Å²) in [5.41, 5.74) is 5.70. The van der Waals surface area contributed by atoms with Crippen LogP contribution in [0.4, 0.5) is 0 Å². The molecule has 0 saturated carbocycles. The van der Waals surface area contributed by atoms with Crippen molar-refractivity contribution in [1.82, 2.24) is 9.97 Å². The molecule has 19 heavy (non-hydrogen) atoms. The Morgan fingerprint density at radius 1 is 1.42 bits per heavy atom. The van der Waals surface area contributed by atoms with Crippen LogP contribution < -0.4 is 10.5 Å². The first kappa shape index (κ1) is 13.6. The average Bonchev–Trinajstić information content (AvgIpc) is 2.41. The van der Waals surface area contributed by atoms with E-state index in [1.54, 1.807) is 18.2 Å². The Morgan fingerprint density at radius 3 is 2.89 bits per heavy atom. The third-order valence-corrected chi connectivity index (χ3v) is 2.95. The molecule has 0 aliphatic heterocycles. The standard InChI is InChI=1S/C11H8BrClN4O2/c12-7-5-6(13)1-2-9(7)19-11-15-4-3-8(16-11)10(14)17-18/h1-5,18H,(H2,14,17). The van der Waals surface area contributed by atoms with Crippen molar-refractivity contribution < 1.29 is 9.94 Å². The second-order valence-electron chi connectivity index (χ2n) is 3.39. The predicted octanol–water partition coefficient (Wildman–Crippen LogP) is 2.78. The van der Waals surface area contributed by atoms with Crippen molar-refractivity contribution in [3.8, 4) is 11.8 Å². The van der Waals surface area contributed by atoms with Crippen LogP contribution in [-0.4, -0.2) is 21.0 Å². The lowest BCUT2D eigenvalue weighted by Gasteiger charge is -2.06. The van der Waals surface area contributed by atoms with Gasteiger partial charge in [-0.05, 0) is 40.2 Å². The molecule has 0 atom stereocenters. The van der Waals surface area contributed by atoms with Gasteiger partial charge in [0.15, 0.2) is 5.84 Å². The fraction of sp³-hybridized carbons (Fsp3) is 0. The van der Waals surface area contributed by atoms with Gasteiger partial charge < -0.3 is 15.7 Å². The van der Waals surface area contributed by atoms with Gasteiger partial charge in [-0.25, -0.2) is 4.98 Å². The van der Waals surface area contributed by atoms with Crippen LogP contribution in [0, 0.1) is 0 Å². The maximum atomic E-state index is 8.58. The van der Waals surface area contributed by atoms with E-state index in [2.05, 4.69) is 31.1 Å². The second-order valence-corrected chi connectivity index (χ2v) is 4.68. The molecule has 0 radical (unpaired) electrons. The van der Waals surface area contributed by atoms with E-state index in [9.17, 15) is 0 Å². The summed E-state index contributed by atoms with van der Waals surface area (Å²) < 4.78 is 6.14. The van der Waals surface area contributed by atoms with Gasteiger partial charge in [0.05, 0.1) is 4.47 Å². The lowest BCUT2D eigenvalue weighted by Crippen LogP contribution is -2.15. The van der Waals surface area contributed by atoms with E-state index in [4.69, 9.17) is 27.3 Å². The van der Waals surface area contributed by atoms with Crippen LogP contribution in [0.5, 0.6) is 11.8 Å². The highest BCUT2D eigenvalue weighted by Gasteiger charge is 2.08. The summed E-state index contributed by atoms with van der Waals surface area (Å²) in [6.45, 7) is 0. The van der Waals surface area contributed by atoms with E-state index in [0.29, 0.717) is 15.2 Å². The number of amidine groups is 1. The monoisotopic (exact) mass is 342 g/mol. The van der Waals surface area contributed by atoms with Crippen LogP contribution in [0.25, 0.3) is 0 Å². The summed E-state index contributed by atoms with van der Waals surface area (Å²) in [5, 5.41) is 12.0. The zero-order valence-corrected chi connectivity index (χ0v) is 11.8. The molecule has 1 aromatic carbocycles. The third-order valence-electron chi connectivity index (χ3n) is 2.10. The second kappa shape index (κ2) is 5.85. The Labute approximate surface area is 122 Å². The number of benzene rings is 1. The van der Waals surface area contributed by atoms with Gasteiger partial charge >= 0.3 is 6.01 Å². The Kier molecular flexibility index (Phi) is 4.18. The number of hydrogen-bond acceptors (Lipinski definition) is 5. The van der Waals surface area contributed by atoms with Gasteiger partial charge in [-0.1, -0.05) is 16.8 Å². The molecule has 0 unspecified atom stereocenters. The van der Waals surface area contributed by atoms with Gasteiger partial charge in [-0.3, -0.25) is 0 Å². The number of oxime groups is 1. The van der Waals surface area contributed by atoms with E-state index in [1.165, 1.54) is 12.3 Å². The molecule has 1 aromatic heterocycles. The van der Waals surface area contributed by atoms with Gasteiger partial charge in [-0.2, -0.15) is 4.98 Å². The molecule has 98 valence electrons. The highest BCUT2D eigenvalue weighted by atomic mass is 79.9. The lowest BCUT2D eigenvalue weighted by atomic mass is 10.3. The lowest BCUT2D eigenvalue weighted by molar-refractivity contribution is 0.318. The Morgan fingerprint density at radius 2 is 2.21 bits per heavy atom. The molecule has 0 saturated heterocycles. The third kappa shape index (κ3) is 3.33. The first-order chi connectivity index (χ1) is 9.10. The number of ether oxygens (including phenoxy) is 1. The number of aromatic nitrogens is 2. The van der Waals surface area contributed by atoms with Crippen molar-refractivity contribution in [2.75, 3.05) is 0 Å². The van der Waals surface area contributed by atoms with Crippen molar-refractivity contribution in [3.05, 3.63) is 45.7 Å².